The van der Waals surface area contributed by atoms with E-state index in [0.29, 0.717) is 19.6 Å². The van der Waals surface area contributed by atoms with Gasteiger partial charge in [-0.2, -0.15) is 0 Å². The monoisotopic (exact) mass is 258 g/mol. The average Bonchev–Trinajstić information content (AvgIpc) is 2.92. The van der Waals surface area contributed by atoms with E-state index >= 15 is 0 Å². The Balaban J connectivity index is 1.81. The number of carbonyl (C=O) groups is 1. The summed E-state index contributed by atoms with van der Waals surface area (Å²) in [4.78, 5) is 14.7. The topological polar surface area (TPSA) is 54.1 Å². The standard InChI is InChI=1S/C15H18N2O2/c1-2-19-14-5-3-12(4-6-14)9-15(18)17-11-13-7-8-16-10-13/h3-8,10,16H,2,9,11H2,1H3,(H,17,18). The number of hydrogen-bond donors (Lipinski definition) is 2. The molecule has 1 aromatic carbocycles. The molecule has 0 radical (unpaired) electrons. The van der Waals surface area contributed by atoms with Gasteiger partial charge in [0, 0.05) is 18.9 Å². The number of aromatic nitrogens is 1. The fourth-order valence-corrected chi connectivity index (χ4v) is 1.79. The minimum atomic E-state index is 0.0189. The van der Waals surface area contributed by atoms with Crippen LogP contribution in [0.1, 0.15) is 18.1 Å². The van der Waals surface area contributed by atoms with Gasteiger partial charge in [0.1, 0.15) is 5.75 Å². The molecule has 4 nitrogen and oxygen atoms in total. The highest BCUT2D eigenvalue weighted by Crippen LogP contribution is 2.12. The molecule has 1 aromatic heterocycles. The second-order valence-corrected chi connectivity index (χ2v) is 4.25. The van der Waals surface area contributed by atoms with Gasteiger partial charge in [-0.3, -0.25) is 4.79 Å². The average molecular weight is 258 g/mol. The van der Waals surface area contributed by atoms with Crippen LogP contribution in [-0.2, 0) is 17.8 Å². The van der Waals surface area contributed by atoms with Crippen LogP contribution in [0.3, 0.4) is 0 Å². The molecule has 1 amide bonds. The molecule has 0 spiro atoms. The number of amides is 1. The van der Waals surface area contributed by atoms with Crippen LogP contribution in [0.2, 0.25) is 0 Å². The van der Waals surface area contributed by atoms with E-state index in [0.717, 1.165) is 16.9 Å². The lowest BCUT2D eigenvalue weighted by Crippen LogP contribution is -2.24. The molecular formula is C15H18N2O2. The van der Waals surface area contributed by atoms with Crippen molar-refractivity contribution in [2.75, 3.05) is 6.61 Å². The van der Waals surface area contributed by atoms with Gasteiger partial charge >= 0.3 is 0 Å². The second kappa shape index (κ2) is 6.64. The van der Waals surface area contributed by atoms with Crippen LogP contribution in [-0.4, -0.2) is 17.5 Å². The van der Waals surface area contributed by atoms with Crippen LogP contribution in [0.4, 0.5) is 0 Å². The maximum atomic E-state index is 11.8. The molecule has 0 atom stereocenters. The number of aromatic amines is 1. The van der Waals surface area contributed by atoms with E-state index in [1.54, 1.807) is 0 Å². The zero-order valence-corrected chi connectivity index (χ0v) is 11.0. The molecule has 0 fully saturated rings. The molecule has 2 N–H and O–H groups in total. The van der Waals surface area contributed by atoms with E-state index < -0.39 is 0 Å². The first-order chi connectivity index (χ1) is 9.28. The van der Waals surface area contributed by atoms with E-state index in [-0.39, 0.29) is 5.91 Å². The number of ether oxygens (including phenoxy) is 1. The second-order valence-electron chi connectivity index (χ2n) is 4.25. The number of carbonyl (C=O) groups excluding carboxylic acids is 1. The zero-order valence-electron chi connectivity index (χ0n) is 11.0. The van der Waals surface area contributed by atoms with Gasteiger partial charge in [0.05, 0.1) is 13.0 Å². The molecule has 19 heavy (non-hydrogen) atoms. The Morgan fingerprint density at radius 2 is 2.00 bits per heavy atom. The third kappa shape index (κ3) is 4.17. The van der Waals surface area contributed by atoms with E-state index in [2.05, 4.69) is 10.3 Å². The Morgan fingerprint density at radius 3 is 2.63 bits per heavy atom. The summed E-state index contributed by atoms with van der Waals surface area (Å²) in [6, 6.07) is 9.55. The highest BCUT2D eigenvalue weighted by atomic mass is 16.5. The summed E-state index contributed by atoms with van der Waals surface area (Å²) in [5.74, 6) is 0.851. The maximum Gasteiger partial charge on any atom is 0.224 e. The number of rotatable bonds is 6. The molecule has 0 saturated heterocycles. The summed E-state index contributed by atoms with van der Waals surface area (Å²) in [5.41, 5.74) is 2.05. The molecular weight excluding hydrogens is 240 g/mol. The van der Waals surface area contributed by atoms with Gasteiger partial charge < -0.3 is 15.0 Å². The van der Waals surface area contributed by atoms with Crippen molar-refractivity contribution in [3.8, 4) is 5.75 Å². The summed E-state index contributed by atoms with van der Waals surface area (Å²) in [5, 5.41) is 2.88. The Hall–Kier alpha value is -2.23. The van der Waals surface area contributed by atoms with Gasteiger partial charge in [-0.15, -0.1) is 0 Å². The molecule has 0 aliphatic carbocycles. The van der Waals surface area contributed by atoms with Gasteiger partial charge in [-0.25, -0.2) is 0 Å². The largest absolute Gasteiger partial charge is 0.494 e. The molecule has 0 aliphatic heterocycles. The molecule has 100 valence electrons. The predicted octanol–water partition coefficient (Wildman–Crippen LogP) is 2.27. The highest BCUT2D eigenvalue weighted by molar-refractivity contribution is 5.78. The van der Waals surface area contributed by atoms with Crippen LogP contribution in [0.25, 0.3) is 0 Å². The quantitative estimate of drug-likeness (QED) is 0.835. The highest BCUT2D eigenvalue weighted by Gasteiger charge is 2.03. The molecule has 2 aromatic rings. The Bertz CT molecular complexity index is 503. The number of H-pyrrole nitrogens is 1. The first-order valence-corrected chi connectivity index (χ1v) is 6.38. The first-order valence-electron chi connectivity index (χ1n) is 6.38. The van der Waals surface area contributed by atoms with Crippen molar-refractivity contribution in [3.05, 3.63) is 53.9 Å². The number of hydrogen-bond acceptors (Lipinski definition) is 2. The van der Waals surface area contributed by atoms with Gasteiger partial charge in [0.15, 0.2) is 0 Å². The van der Waals surface area contributed by atoms with Crippen LogP contribution in [0.15, 0.2) is 42.7 Å². The van der Waals surface area contributed by atoms with Crippen LogP contribution in [0.5, 0.6) is 5.75 Å². The molecule has 1 heterocycles. The zero-order chi connectivity index (χ0) is 13.5. The van der Waals surface area contributed by atoms with Crippen LogP contribution in [0, 0.1) is 0 Å². The molecule has 0 unspecified atom stereocenters. The van der Waals surface area contributed by atoms with E-state index in [4.69, 9.17) is 4.74 Å². The van der Waals surface area contributed by atoms with Crippen molar-refractivity contribution < 1.29 is 9.53 Å². The predicted molar refractivity (Wildman–Crippen MR) is 74.0 cm³/mol. The number of nitrogens with one attached hydrogen (secondary N) is 2. The lowest BCUT2D eigenvalue weighted by atomic mass is 10.1. The summed E-state index contributed by atoms with van der Waals surface area (Å²) in [7, 11) is 0. The van der Waals surface area contributed by atoms with Crippen molar-refractivity contribution in [3.63, 3.8) is 0 Å². The Labute approximate surface area is 112 Å². The lowest BCUT2D eigenvalue weighted by molar-refractivity contribution is -0.120. The van der Waals surface area contributed by atoms with Crippen molar-refractivity contribution >= 4 is 5.91 Å². The Morgan fingerprint density at radius 1 is 1.21 bits per heavy atom. The van der Waals surface area contributed by atoms with Crippen molar-refractivity contribution in [1.82, 2.24) is 10.3 Å². The minimum absolute atomic E-state index is 0.0189. The molecule has 0 saturated carbocycles. The minimum Gasteiger partial charge on any atom is -0.494 e. The van der Waals surface area contributed by atoms with Gasteiger partial charge in [0.25, 0.3) is 0 Å². The molecule has 0 bridgehead atoms. The van der Waals surface area contributed by atoms with Crippen molar-refractivity contribution in [2.45, 2.75) is 19.9 Å². The van der Waals surface area contributed by atoms with Crippen LogP contribution < -0.4 is 10.1 Å². The smallest absolute Gasteiger partial charge is 0.224 e. The van der Waals surface area contributed by atoms with E-state index in [9.17, 15) is 4.79 Å². The van der Waals surface area contributed by atoms with Gasteiger partial charge in [-0.05, 0) is 36.2 Å². The van der Waals surface area contributed by atoms with Crippen molar-refractivity contribution in [2.24, 2.45) is 0 Å². The normalized spacial score (nSPS) is 10.2. The third-order valence-corrected chi connectivity index (χ3v) is 2.75. The molecule has 0 aliphatic rings. The maximum absolute atomic E-state index is 11.8. The van der Waals surface area contributed by atoms with E-state index in [1.165, 1.54) is 0 Å². The van der Waals surface area contributed by atoms with Crippen molar-refractivity contribution in [1.29, 1.82) is 0 Å². The number of benzene rings is 1. The summed E-state index contributed by atoms with van der Waals surface area (Å²) >= 11 is 0. The van der Waals surface area contributed by atoms with E-state index in [1.807, 2.05) is 49.6 Å². The molecule has 4 heteroatoms. The SMILES string of the molecule is CCOc1ccc(CC(=O)NCc2cc[nH]c2)cc1. The fourth-order valence-electron chi connectivity index (χ4n) is 1.79. The lowest BCUT2D eigenvalue weighted by Gasteiger charge is -2.06. The van der Waals surface area contributed by atoms with Crippen LogP contribution >= 0.6 is 0 Å². The van der Waals surface area contributed by atoms with Gasteiger partial charge in [-0.1, -0.05) is 12.1 Å². The Kier molecular flexibility index (Phi) is 4.61. The summed E-state index contributed by atoms with van der Waals surface area (Å²) in [6.07, 6.45) is 4.10. The first kappa shape index (κ1) is 13.2. The summed E-state index contributed by atoms with van der Waals surface area (Å²) in [6.45, 7) is 3.15. The molecule has 2 rings (SSSR count). The third-order valence-electron chi connectivity index (χ3n) is 2.75. The fraction of sp³-hybridized carbons (Fsp3) is 0.267. The van der Waals surface area contributed by atoms with Gasteiger partial charge in [0.2, 0.25) is 5.91 Å². The summed E-state index contributed by atoms with van der Waals surface area (Å²) < 4.78 is 5.36.